The second-order valence-electron chi connectivity index (χ2n) is 6.76. The molecule has 0 saturated heterocycles. The average Bonchev–Trinajstić information content (AvgIpc) is 2.78. The minimum atomic E-state index is -4.86. The molecule has 0 radical (unpaired) electrons. The highest BCUT2D eigenvalue weighted by Gasteiger charge is 2.38. The Hall–Kier alpha value is -3.27. The minimum Gasteiger partial charge on any atom is -0.493 e. The molecule has 0 atom stereocenters. The summed E-state index contributed by atoms with van der Waals surface area (Å²) in [6.07, 6.45) is -4.37. The molecule has 0 aliphatic carbocycles. The number of urea groups is 1. The second kappa shape index (κ2) is 11.4. The van der Waals surface area contributed by atoms with Crippen LogP contribution in [0.4, 0.5) is 18.0 Å². The number of hydrogen-bond donors (Lipinski definition) is 1. The summed E-state index contributed by atoms with van der Waals surface area (Å²) in [7, 11) is 3.80. The summed E-state index contributed by atoms with van der Waals surface area (Å²) in [4.78, 5) is 25.6. The molecule has 2 aromatic rings. The first-order chi connectivity index (χ1) is 15.2. The first-order valence-corrected chi connectivity index (χ1v) is 9.69. The standard InChI is InChI=1S/C22H25F3N2O5/c1-27(21(29)26-10-7-11-30-2)20(28)16-12-19(32-14-15-8-5-4-6-9-15)18(31-3)13-17(16)22(23,24)25/h4-6,8-9,12-13H,7,10-11,14H2,1-3H3,(H,26,29). The summed E-state index contributed by atoms with van der Waals surface area (Å²) in [6, 6.07) is 9.76. The molecule has 0 aliphatic rings. The van der Waals surface area contributed by atoms with E-state index in [1.165, 1.54) is 14.2 Å². The molecule has 174 valence electrons. The number of alkyl halides is 3. The van der Waals surface area contributed by atoms with Gasteiger partial charge in [-0.1, -0.05) is 30.3 Å². The lowest BCUT2D eigenvalue weighted by Gasteiger charge is -2.21. The van der Waals surface area contributed by atoms with E-state index in [4.69, 9.17) is 14.2 Å². The number of carbonyl (C=O) groups excluding carboxylic acids is 2. The summed E-state index contributed by atoms with van der Waals surface area (Å²) in [5.74, 6) is -1.37. The summed E-state index contributed by atoms with van der Waals surface area (Å²) in [5.41, 5.74) is -1.18. The quantitative estimate of drug-likeness (QED) is 0.577. The van der Waals surface area contributed by atoms with Crippen molar-refractivity contribution < 1.29 is 37.0 Å². The normalized spacial score (nSPS) is 11.1. The van der Waals surface area contributed by atoms with Crippen molar-refractivity contribution in [1.29, 1.82) is 0 Å². The van der Waals surface area contributed by atoms with Gasteiger partial charge in [-0.05, 0) is 24.1 Å². The van der Waals surface area contributed by atoms with Gasteiger partial charge in [-0.25, -0.2) is 4.79 Å². The lowest BCUT2D eigenvalue weighted by Crippen LogP contribution is -2.42. The van der Waals surface area contributed by atoms with Gasteiger partial charge in [0.2, 0.25) is 0 Å². The largest absolute Gasteiger partial charge is 0.493 e. The minimum absolute atomic E-state index is 0.0476. The van der Waals surface area contributed by atoms with Crippen molar-refractivity contribution in [2.75, 3.05) is 34.4 Å². The molecule has 7 nitrogen and oxygen atoms in total. The first kappa shape index (κ1) is 25.0. The van der Waals surface area contributed by atoms with Crippen LogP contribution in [0, 0.1) is 0 Å². The lowest BCUT2D eigenvalue weighted by molar-refractivity contribution is -0.138. The van der Waals surface area contributed by atoms with Crippen molar-refractivity contribution in [3.63, 3.8) is 0 Å². The van der Waals surface area contributed by atoms with Gasteiger partial charge in [0.05, 0.1) is 18.2 Å². The number of nitrogens with zero attached hydrogens (tertiary/aromatic N) is 1. The van der Waals surface area contributed by atoms with Crippen molar-refractivity contribution in [2.45, 2.75) is 19.2 Å². The molecule has 1 N–H and O–H groups in total. The molecule has 0 unspecified atom stereocenters. The van der Waals surface area contributed by atoms with Crippen LogP contribution >= 0.6 is 0 Å². The molecule has 3 amide bonds. The van der Waals surface area contributed by atoms with Crippen LogP contribution in [0.3, 0.4) is 0 Å². The maximum Gasteiger partial charge on any atom is 0.417 e. The number of nitrogens with one attached hydrogen (secondary N) is 1. The number of imide groups is 1. The van der Waals surface area contributed by atoms with Gasteiger partial charge in [0, 0.05) is 27.3 Å². The Balaban J connectivity index is 2.33. The first-order valence-electron chi connectivity index (χ1n) is 9.69. The van der Waals surface area contributed by atoms with E-state index < -0.39 is 29.2 Å². The third-order valence-electron chi connectivity index (χ3n) is 4.49. The van der Waals surface area contributed by atoms with Gasteiger partial charge >= 0.3 is 12.2 Å². The van der Waals surface area contributed by atoms with Gasteiger partial charge in [-0.15, -0.1) is 0 Å². The molecule has 0 saturated carbocycles. The number of benzene rings is 2. The fourth-order valence-corrected chi connectivity index (χ4v) is 2.78. The molecule has 32 heavy (non-hydrogen) atoms. The molecule has 2 aromatic carbocycles. The Labute approximate surface area is 184 Å². The molecule has 10 heteroatoms. The number of halogens is 3. The smallest absolute Gasteiger partial charge is 0.417 e. The van der Waals surface area contributed by atoms with Crippen molar-refractivity contribution in [1.82, 2.24) is 10.2 Å². The van der Waals surface area contributed by atoms with E-state index in [0.29, 0.717) is 24.0 Å². The van der Waals surface area contributed by atoms with Crippen LogP contribution in [0.15, 0.2) is 42.5 Å². The molecule has 0 spiro atoms. The topological polar surface area (TPSA) is 77.1 Å². The molecular formula is C22H25F3N2O5. The van der Waals surface area contributed by atoms with Crippen LogP contribution in [0.25, 0.3) is 0 Å². The maximum absolute atomic E-state index is 13.7. The van der Waals surface area contributed by atoms with E-state index in [-0.39, 0.29) is 24.7 Å². The van der Waals surface area contributed by atoms with Crippen LogP contribution in [0.2, 0.25) is 0 Å². The van der Waals surface area contributed by atoms with E-state index in [9.17, 15) is 22.8 Å². The van der Waals surface area contributed by atoms with Gasteiger partial charge < -0.3 is 19.5 Å². The SMILES string of the molecule is COCCCNC(=O)N(C)C(=O)c1cc(OCc2ccccc2)c(OC)cc1C(F)(F)F. The van der Waals surface area contributed by atoms with E-state index in [1.807, 2.05) is 6.07 Å². The fraction of sp³-hybridized carbons (Fsp3) is 0.364. The molecular weight excluding hydrogens is 429 g/mol. The van der Waals surface area contributed by atoms with Gasteiger partial charge in [0.1, 0.15) is 6.61 Å². The number of methoxy groups -OCH3 is 2. The molecule has 0 heterocycles. The summed E-state index contributed by atoms with van der Waals surface area (Å²) in [6.45, 7) is 0.632. The predicted molar refractivity (Wildman–Crippen MR) is 111 cm³/mol. The Kier molecular flexibility index (Phi) is 8.89. The van der Waals surface area contributed by atoms with Gasteiger partial charge in [-0.2, -0.15) is 13.2 Å². The highest BCUT2D eigenvalue weighted by molar-refractivity contribution is 6.05. The third-order valence-corrected chi connectivity index (χ3v) is 4.49. The van der Waals surface area contributed by atoms with Crippen LogP contribution in [0.5, 0.6) is 11.5 Å². The summed E-state index contributed by atoms with van der Waals surface area (Å²) < 4.78 is 56.6. The Morgan fingerprint density at radius 3 is 2.34 bits per heavy atom. The zero-order valence-electron chi connectivity index (χ0n) is 18.0. The fourth-order valence-electron chi connectivity index (χ4n) is 2.78. The highest BCUT2D eigenvalue weighted by Crippen LogP contribution is 2.40. The van der Waals surface area contributed by atoms with Crippen molar-refractivity contribution in [2.24, 2.45) is 0 Å². The summed E-state index contributed by atoms with van der Waals surface area (Å²) in [5, 5.41) is 2.46. The lowest BCUT2D eigenvalue weighted by atomic mass is 10.0. The number of ether oxygens (including phenoxy) is 3. The van der Waals surface area contributed by atoms with Crippen molar-refractivity contribution >= 4 is 11.9 Å². The Bertz CT molecular complexity index is 920. The predicted octanol–water partition coefficient (Wildman–Crippen LogP) is 4.11. The van der Waals surface area contributed by atoms with Crippen LogP contribution in [-0.4, -0.2) is 51.3 Å². The number of hydrogen-bond acceptors (Lipinski definition) is 5. The van der Waals surface area contributed by atoms with Crippen LogP contribution in [-0.2, 0) is 17.5 Å². The van der Waals surface area contributed by atoms with E-state index in [0.717, 1.165) is 18.7 Å². The van der Waals surface area contributed by atoms with Crippen LogP contribution < -0.4 is 14.8 Å². The van der Waals surface area contributed by atoms with Crippen molar-refractivity contribution in [3.8, 4) is 11.5 Å². The zero-order chi connectivity index (χ0) is 23.7. The Morgan fingerprint density at radius 2 is 1.75 bits per heavy atom. The number of carbonyl (C=O) groups is 2. The van der Waals surface area contributed by atoms with Crippen molar-refractivity contribution in [3.05, 3.63) is 59.2 Å². The number of amides is 3. The summed E-state index contributed by atoms with van der Waals surface area (Å²) >= 11 is 0. The molecule has 0 aliphatic heterocycles. The highest BCUT2D eigenvalue weighted by atomic mass is 19.4. The van der Waals surface area contributed by atoms with Gasteiger partial charge in [-0.3, -0.25) is 9.69 Å². The average molecular weight is 454 g/mol. The molecule has 0 fully saturated rings. The van der Waals surface area contributed by atoms with E-state index in [1.54, 1.807) is 24.3 Å². The van der Waals surface area contributed by atoms with E-state index >= 15 is 0 Å². The third kappa shape index (κ3) is 6.61. The monoisotopic (exact) mass is 454 g/mol. The Morgan fingerprint density at radius 1 is 1.06 bits per heavy atom. The zero-order valence-corrected chi connectivity index (χ0v) is 18.0. The number of rotatable bonds is 9. The van der Waals surface area contributed by atoms with Crippen LogP contribution in [0.1, 0.15) is 27.9 Å². The van der Waals surface area contributed by atoms with Gasteiger partial charge in [0.15, 0.2) is 11.5 Å². The second-order valence-corrected chi connectivity index (χ2v) is 6.76. The molecule has 2 rings (SSSR count). The molecule has 0 aromatic heterocycles. The van der Waals surface area contributed by atoms with E-state index in [2.05, 4.69) is 5.32 Å². The van der Waals surface area contributed by atoms with Gasteiger partial charge in [0.25, 0.3) is 5.91 Å². The molecule has 0 bridgehead atoms. The maximum atomic E-state index is 13.7.